The van der Waals surface area contributed by atoms with Gasteiger partial charge in [0.25, 0.3) is 0 Å². The van der Waals surface area contributed by atoms with Crippen LogP contribution >= 0.6 is 0 Å². The molecule has 0 unspecified atom stereocenters. The molecule has 0 fully saturated rings. The van der Waals surface area contributed by atoms with Gasteiger partial charge in [-0.05, 0) is 24.6 Å². The summed E-state index contributed by atoms with van der Waals surface area (Å²) in [5.74, 6) is 0. The van der Waals surface area contributed by atoms with Gasteiger partial charge in [-0.3, -0.25) is 4.99 Å². The smallest absolute Gasteiger partial charge is 0.0409 e. The number of benzene rings is 1. The van der Waals surface area contributed by atoms with Gasteiger partial charge in [-0.2, -0.15) is 0 Å². The number of aliphatic imine (C=N–C) groups is 1. The lowest BCUT2D eigenvalue weighted by Gasteiger charge is -2.02. The van der Waals surface area contributed by atoms with Gasteiger partial charge in [0.1, 0.15) is 0 Å². The Kier molecular flexibility index (Phi) is 3.76. The summed E-state index contributed by atoms with van der Waals surface area (Å²) in [6, 6.07) is 8.15. The van der Waals surface area contributed by atoms with Crippen molar-refractivity contribution >= 4 is 11.9 Å². The van der Waals surface area contributed by atoms with Gasteiger partial charge in [0, 0.05) is 25.1 Å². The number of hydrogen-bond acceptors (Lipinski definition) is 2. The van der Waals surface area contributed by atoms with Crippen LogP contribution in [0.1, 0.15) is 5.56 Å². The Bertz CT molecular complexity index is 314. The normalized spacial score (nSPS) is 11.2. The summed E-state index contributed by atoms with van der Waals surface area (Å²) in [6.07, 6.45) is 5.48. The van der Waals surface area contributed by atoms with Crippen molar-refractivity contribution in [1.82, 2.24) is 0 Å². The summed E-state index contributed by atoms with van der Waals surface area (Å²) in [6.45, 7) is 2.07. The van der Waals surface area contributed by atoms with Crippen LogP contribution in [0.4, 0.5) is 5.69 Å². The topological polar surface area (TPSA) is 24.4 Å². The van der Waals surface area contributed by atoms with Gasteiger partial charge in [0.05, 0.1) is 0 Å². The summed E-state index contributed by atoms with van der Waals surface area (Å²) < 4.78 is 0. The molecular formula is C11H14N2. The lowest BCUT2D eigenvalue weighted by atomic mass is 10.2. The molecule has 68 valence electrons. The molecule has 0 aromatic heterocycles. The van der Waals surface area contributed by atoms with Crippen molar-refractivity contribution in [2.75, 3.05) is 12.4 Å². The monoisotopic (exact) mass is 174 g/mol. The minimum Gasteiger partial charge on any atom is -0.361 e. The van der Waals surface area contributed by atoms with Gasteiger partial charge in [-0.15, -0.1) is 0 Å². The SMILES string of the molecule is CN=C/C=C\Nc1ccccc1C. The van der Waals surface area contributed by atoms with Crippen LogP contribution in [0, 0.1) is 6.92 Å². The lowest BCUT2D eigenvalue weighted by molar-refractivity contribution is 1.43. The molecule has 0 atom stereocenters. The van der Waals surface area contributed by atoms with Crippen molar-refractivity contribution in [2.45, 2.75) is 6.92 Å². The fraction of sp³-hybridized carbons (Fsp3) is 0.182. The Balaban J connectivity index is 2.59. The highest BCUT2D eigenvalue weighted by molar-refractivity contribution is 5.71. The molecule has 0 bridgehead atoms. The molecule has 1 rings (SSSR count). The average Bonchev–Trinajstić information content (AvgIpc) is 2.15. The standard InChI is InChI=1S/C11H14N2/c1-10-6-3-4-7-11(10)13-9-5-8-12-2/h3-9,13H,1-2H3/b9-5-,12-8?. The molecule has 1 N–H and O–H groups in total. The first kappa shape index (κ1) is 9.52. The molecule has 0 radical (unpaired) electrons. The van der Waals surface area contributed by atoms with Crippen LogP contribution in [0.15, 0.2) is 41.5 Å². The number of nitrogens with one attached hydrogen (secondary N) is 1. The highest BCUT2D eigenvalue weighted by atomic mass is 14.8. The number of anilines is 1. The Morgan fingerprint density at radius 1 is 1.31 bits per heavy atom. The molecule has 0 heterocycles. The summed E-state index contributed by atoms with van der Waals surface area (Å²) in [5, 5.41) is 3.18. The van der Waals surface area contributed by atoms with Gasteiger partial charge >= 0.3 is 0 Å². The van der Waals surface area contributed by atoms with Crippen molar-refractivity contribution in [3.05, 3.63) is 42.1 Å². The Morgan fingerprint density at radius 2 is 2.08 bits per heavy atom. The van der Waals surface area contributed by atoms with Crippen molar-refractivity contribution in [2.24, 2.45) is 4.99 Å². The fourth-order valence-corrected chi connectivity index (χ4v) is 1.00. The molecule has 2 nitrogen and oxygen atoms in total. The summed E-state index contributed by atoms with van der Waals surface area (Å²) in [7, 11) is 1.75. The molecule has 2 heteroatoms. The third-order valence-corrected chi connectivity index (χ3v) is 1.72. The first-order valence-electron chi connectivity index (χ1n) is 4.24. The Labute approximate surface area is 79.0 Å². The van der Waals surface area contributed by atoms with Gasteiger partial charge in [0.15, 0.2) is 0 Å². The fourth-order valence-electron chi connectivity index (χ4n) is 1.00. The maximum Gasteiger partial charge on any atom is 0.0409 e. The van der Waals surface area contributed by atoms with Gasteiger partial charge in [0.2, 0.25) is 0 Å². The second-order valence-electron chi connectivity index (χ2n) is 2.73. The minimum atomic E-state index is 1.13. The highest BCUT2D eigenvalue weighted by Crippen LogP contribution is 2.12. The van der Waals surface area contributed by atoms with E-state index < -0.39 is 0 Å². The summed E-state index contributed by atoms with van der Waals surface area (Å²) in [4.78, 5) is 3.84. The number of nitrogens with zero attached hydrogens (tertiary/aromatic N) is 1. The van der Waals surface area contributed by atoms with Crippen LogP contribution in [-0.4, -0.2) is 13.3 Å². The predicted molar refractivity (Wildman–Crippen MR) is 58.4 cm³/mol. The number of hydrogen-bond donors (Lipinski definition) is 1. The molecule has 0 amide bonds. The number of para-hydroxylation sites is 1. The van der Waals surface area contributed by atoms with Crippen LogP contribution in [-0.2, 0) is 0 Å². The van der Waals surface area contributed by atoms with Gasteiger partial charge < -0.3 is 5.32 Å². The highest BCUT2D eigenvalue weighted by Gasteiger charge is 1.90. The summed E-state index contributed by atoms with van der Waals surface area (Å²) in [5.41, 5.74) is 2.36. The third-order valence-electron chi connectivity index (χ3n) is 1.72. The van der Waals surface area contributed by atoms with E-state index in [1.165, 1.54) is 5.56 Å². The zero-order valence-electron chi connectivity index (χ0n) is 7.99. The Morgan fingerprint density at radius 3 is 2.77 bits per heavy atom. The molecule has 1 aromatic rings. The lowest BCUT2D eigenvalue weighted by Crippen LogP contribution is -1.89. The largest absolute Gasteiger partial charge is 0.361 e. The molecule has 13 heavy (non-hydrogen) atoms. The zero-order valence-corrected chi connectivity index (χ0v) is 7.99. The molecule has 1 aromatic carbocycles. The molecule has 0 spiro atoms. The third kappa shape index (κ3) is 3.11. The Hall–Kier alpha value is -1.57. The molecular weight excluding hydrogens is 160 g/mol. The van der Waals surface area contributed by atoms with Crippen molar-refractivity contribution in [3.63, 3.8) is 0 Å². The van der Waals surface area contributed by atoms with Crippen molar-refractivity contribution in [3.8, 4) is 0 Å². The van der Waals surface area contributed by atoms with E-state index in [0.717, 1.165) is 5.69 Å². The van der Waals surface area contributed by atoms with E-state index in [1.807, 2.05) is 30.5 Å². The first-order chi connectivity index (χ1) is 6.34. The van der Waals surface area contributed by atoms with Crippen LogP contribution in [0.5, 0.6) is 0 Å². The van der Waals surface area contributed by atoms with Crippen LogP contribution < -0.4 is 5.32 Å². The maximum atomic E-state index is 3.84. The van der Waals surface area contributed by atoms with Crippen LogP contribution in [0.3, 0.4) is 0 Å². The van der Waals surface area contributed by atoms with E-state index in [4.69, 9.17) is 0 Å². The van der Waals surface area contributed by atoms with Crippen LogP contribution in [0.25, 0.3) is 0 Å². The van der Waals surface area contributed by atoms with Crippen LogP contribution in [0.2, 0.25) is 0 Å². The zero-order chi connectivity index (χ0) is 9.52. The van der Waals surface area contributed by atoms with E-state index in [0.29, 0.717) is 0 Å². The van der Waals surface area contributed by atoms with E-state index in [2.05, 4.69) is 23.3 Å². The first-order valence-corrected chi connectivity index (χ1v) is 4.24. The second kappa shape index (κ2) is 5.14. The van der Waals surface area contributed by atoms with Gasteiger partial charge in [-0.1, -0.05) is 18.2 Å². The molecule has 0 saturated carbocycles. The van der Waals surface area contributed by atoms with E-state index in [9.17, 15) is 0 Å². The number of allylic oxidation sites excluding steroid dienone is 1. The predicted octanol–water partition coefficient (Wildman–Crippen LogP) is 2.62. The van der Waals surface area contributed by atoms with Gasteiger partial charge in [-0.25, -0.2) is 0 Å². The molecule has 0 aliphatic carbocycles. The van der Waals surface area contributed by atoms with E-state index >= 15 is 0 Å². The maximum absolute atomic E-state index is 3.84. The minimum absolute atomic E-state index is 1.13. The molecule has 0 saturated heterocycles. The average molecular weight is 174 g/mol. The molecule has 0 aliphatic rings. The number of aryl methyl sites for hydroxylation is 1. The number of rotatable bonds is 3. The van der Waals surface area contributed by atoms with E-state index in [-0.39, 0.29) is 0 Å². The van der Waals surface area contributed by atoms with E-state index in [1.54, 1.807) is 13.3 Å². The quantitative estimate of drug-likeness (QED) is 0.700. The van der Waals surface area contributed by atoms with Crippen molar-refractivity contribution < 1.29 is 0 Å². The molecule has 0 aliphatic heterocycles. The van der Waals surface area contributed by atoms with Crippen molar-refractivity contribution in [1.29, 1.82) is 0 Å². The summed E-state index contributed by atoms with van der Waals surface area (Å²) >= 11 is 0. The second-order valence-corrected chi connectivity index (χ2v) is 2.73.